The number of benzene rings is 1. The number of hydrogen-bond donors (Lipinski definition) is 0. The summed E-state index contributed by atoms with van der Waals surface area (Å²) >= 11 is 5.74. The zero-order chi connectivity index (χ0) is 13.0. The molecule has 0 fully saturated rings. The molecule has 0 saturated heterocycles. The van der Waals surface area contributed by atoms with Gasteiger partial charge in [-0.3, -0.25) is 0 Å². The molecule has 17 heavy (non-hydrogen) atoms. The molecule has 0 aliphatic carbocycles. The average Bonchev–Trinajstić information content (AvgIpc) is 2.31. The van der Waals surface area contributed by atoms with Gasteiger partial charge in [0.1, 0.15) is 5.75 Å². The van der Waals surface area contributed by atoms with Crippen molar-refractivity contribution in [3.63, 3.8) is 0 Å². The van der Waals surface area contributed by atoms with Crippen LogP contribution in [0.3, 0.4) is 0 Å². The first-order valence-corrected chi connectivity index (χ1v) is 6.48. The summed E-state index contributed by atoms with van der Waals surface area (Å²) in [7, 11) is 3.84. The molecule has 0 aromatic heterocycles. The van der Waals surface area contributed by atoms with Crippen molar-refractivity contribution in [3.05, 3.63) is 22.8 Å². The summed E-state index contributed by atoms with van der Waals surface area (Å²) in [4.78, 5) is 2.26. The highest BCUT2D eigenvalue weighted by atomic mass is 35.5. The molecule has 0 unspecified atom stereocenters. The highest BCUT2D eigenvalue weighted by molar-refractivity contribution is 6.17. The van der Waals surface area contributed by atoms with Crippen molar-refractivity contribution in [2.45, 2.75) is 27.2 Å². The summed E-state index contributed by atoms with van der Waals surface area (Å²) in [5.41, 5.74) is 4.96. The van der Waals surface area contributed by atoms with Gasteiger partial charge in [-0.1, -0.05) is 0 Å². The summed E-state index contributed by atoms with van der Waals surface area (Å²) < 4.78 is 5.43. The first-order valence-electron chi connectivity index (χ1n) is 5.94. The van der Waals surface area contributed by atoms with Crippen molar-refractivity contribution in [2.24, 2.45) is 0 Å². The van der Waals surface area contributed by atoms with Gasteiger partial charge in [0.05, 0.1) is 7.11 Å². The maximum atomic E-state index is 5.74. The maximum absolute atomic E-state index is 5.74. The van der Waals surface area contributed by atoms with Crippen molar-refractivity contribution < 1.29 is 4.74 Å². The van der Waals surface area contributed by atoms with Gasteiger partial charge >= 0.3 is 0 Å². The first kappa shape index (κ1) is 14.2. The fourth-order valence-corrected chi connectivity index (χ4v) is 2.28. The van der Waals surface area contributed by atoms with Crippen molar-refractivity contribution in [1.82, 2.24) is 0 Å². The van der Waals surface area contributed by atoms with Crippen molar-refractivity contribution in [2.75, 3.05) is 31.5 Å². The van der Waals surface area contributed by atoms with Gasteiger partial charge in [0.2, 0.25) is 0 Å². The third-order valence-corrected chi connectivity index (χ3v) is 3.51. The molecule has 0 aliphatic rings. The van der Waals surface area contributed by atoms with E-state index in [0.29, 0.717) is 5.88 Å². The molecule has 0 heterocycles. The van der Waals surface area contributed by atoms with E-state index in [2.05, 4.69) is 38.8 Å². The fourth-order valence-electron chi connectivity index (χ4n) is 2.16. The van der Waals surface area contributed by atoms with Gasteiger partial charge in [-0.15, -0.1) is 11.6 Å². The van der Waals surface area contributed by atoms with E-state index in [1.165, 1.54) is 22.4 Å². The van der Waals surface area contributed by atoms with Gasteiger partial charge in [-0.2, -0.15) is 0 Å². The Hall–Kier alpha value is -0.890. The summed E-state index contributed by atoms with van der Waals surface area (Å²) in [6.07, 6.45) is 1.00. The van der Waals surface area contributed by atoms with Gasteiger partial charge in [0.25, 0.3) is 0 Å². The number of nitrogens with zero attached hydrogens (tertiary/aromatic N) is 1. The van der Waals surface area contributed by atoms with Crippen LogP contribution in [-0.4, -0.2) is 26.6 Å². The van der Waals surface area contributed by atoms with Crippen molar-refractivity contribution >= 4 is 17.3 Å². The van der Waals surface area contributed by atoms with Crippen LogP contribution < -0.4 is 9.64 Å². The smallest absolute Gasteiger partial charge is 0.125 e. The van der Waals surface area contributed by atoms with Gasteiger partial charge < -0.3 is 9.64 Å². The quantitative estimate of drug-likeness (QED) is 0.744. The molecule has 3 heteroatoms. The molecule has 1 aromatic rings. The molecular formula is C14H22ClNO. The first-order chi connectivity index (χ1) is 8.02. The summed E-state index contributed by atoms with van der Waals surface area (Å²) in [6.45, 7) is 7.32. The van der Waals surface area contributed by atoms with E-state index >= 15 is 0 Å². The van der Waals surface area contributed by atoms with Crippen LogP contribution in [0.5, 0.6) is 5.75 Å². The largest absolute Gasteiger partial charge is 0.496 e. The van der Waals surface area contributed by atoms with Crippen LogP contribution in [0.15, 0.2) is 6.07 Å². The minimum Gasteiger partial charge on any atom is -0.496 e. The summed E-state index contributed by atoms with van der Waals surface area (Å²) in [5.74, 6) is 1.70. The van der Waals surface area contributed by atoms with Crippen LogP contribution in [0.25, 0.3) is 0 Å². The molecule has 0 saturated carbocycles. The minimum atomic E-state index is 0.706. The second-order valence-corrected chi connectivity index (χ2v) is 4.84. The molecule has 96 valence electrons. The van der Waals surface area contributed by atoms with Crippen LogP contribution in [0.4, 0.5) is 5.69 Å². The molecule has 0 radical (unpaired) electrons. The predicted molar refractivity (Wildman–Crippen MR) is 75.8 cm³/mol. The minimum absolute atomic E-state index is 0.706. The van der Waals surface area contributed by atoms with Gasteiger partial charge in [0.15, 0.2) is 0 Å². The Morgan fingerprint density at radius 3 is 2.41 bits per heavy atom. The highest BCUT2D eigenvalue weighted by Gasteiger charge is 2.12. The number of ether oxygens (including phenoxy) is 1. The molecule has 0 aliphatic heterocycles. The Balaban J connectivity index is 3.09. The Bertz CT molecular complexity index is 390. The van der Waals surface area contributed by atoms with Crippen LogP contribution in [0.2, 0.25) is 0 Å². The Kier molecular flexibility index (Phi) is 5.13. The van der Waals surface area contributed by atoms with Gasteiger partial charge in [0, 0.05) is 25.2 Å². The lowest BCUT2D eigenvalue weighted by atomic mass is 10.0. The average molecular weight is 256 g/mol. The molecule has 0 bridgehead atoms. The second-order valence-electron chi connectivity index (χ2n) is 4.46. The fraction of sp³-hybridized carbons (Fsp3) is 0.571. The number of anilines is 1. The van der Waals surface area contributed by atoms with Crippen molar-refractivity contribution in [1.29, 1.82) is 0 Å². The SMILES string of the molecule is COc1c(C)cc(N(C)CCCCl)c(C)c1C. The maximum Gasteiger partial charge on any atom is 0.125 e. The van der Waals surface area contributed by atoms with E-state index in [0.717, 1.165) is 18.7 Å². The number of alkyl halides is 1. The number of aryl methyl sites for hydroxylation is 1. The number of methoxy groups -OCH3 is 1. The lowest BCUT2D eigenvalue weighted by Gasteiger charge is -2.24. The standard InChI is InChI=1S/C14H22ClNO/c1-10-9-13(16(4)8-6-7-15)11(2)12(3)14(10)17-5/h9H,6-8H2,1-5H3. The molecule has 1 aromatic carbocycles. The van der Waals surface area contributed by atoms with E-state index in [9.17, 15) is 0 Å². The Morgan fingerprint density at radius 2 is 1.88 bits per heavy atom. The van der Waals surface area contributed by atoms with Crippen LogP contribution in [0, 0.1) is 20.8 Å². The third-order valence-electron chi connectivity index (χ3n) is 3.24. The van der Waals surface area contributed by atoms with Crippen molar-refractivity contribution in [3.8, 4) is 5.75 Å². The number of halogens is 1. The Morgan fingerprint density at radius 1 is 1.24 bits per heavy atom. The lowest BCUT2D eigenvalue weighted by Crippen LogP contribution is -2.20. The third kappa shape index (κ3) is 3.06. The molecular weight excluding hydrogens is 234 g/mol. The zero-order valence-electron chi connectivity index (χ0n) is 11.4. The van der Waals surface area contributed by atoms with Gasteiger partial charge in [-0.25, -0.2) is 0 Å². The number of rotatable bonds is 5. The molecule has 0 amide bonds. The van der Waals surface area contributed by atoms with Crippen LogP contribution in [-0.2, 0) is 0 Å². The predicted octanol–water partition coefficient (Wildman–Crippen LogP) is 3.69. The zero-order valence-corrected chi connectivity index (χ0v) is 12.2. The van der Waals surface area contributed by atoms with E-state index in [4.69, 9.17) is 16.3 Å². The van der Waals surface area contributed by atoms with E-state index < -0.39 is 0 Å². The highest BCUT2D eigenvalue weighted by Crippen LogP contribution is 2.33. The second kappa shape index (κ2) is 6.15. The van der Waals surface area contributed by atoms with Crippen LogP contribution in [0.1, 0.15) is 23.1 Å². The summed E-state index contributed by atoms with van der Waals surface area (Å²) in [5, 5.41) is 0. The monoisotopic (exact) mass is 255 g/mol. The lowest BCUT2D eigenvalue weighted by molar-refractivity contribution is 0.408. The normalized spacial score (nSPS) is 10.5. The Labute approximate surface area is 110 Å². The van der Waals surface area contributed by atoms with E-state index in [1.807, 2.05) is 0 Å². The summed E-state index contributed by atoms with van der Waals surface area (Å²) in [6, 6.07) is 2.19. The topological polar surface area (TPSA) is 12.5 Å². The molecule has 0 spiro atoms. The molecule has 0 atom stereocenters. The molecule has 0 N–H and O–H groups in total. The number of hydrogen-bond acceptors (Lipinski definition) is 2. The molecule has 1 rings (SSSR count). The van der Waals surface area contributed by atoms with E-state index in [-0.39, 0.29) is 0 Å². The van der Waals surface area contributed by atoms with E-state index in [1.54, 1.807) is 7.11 Å². The van der Waals surface area contributed by atoms with Crippen LogP contribution >= 0.6 is 11.6 Å². The molecule has 2 nitrogen and oxygen atoms in total. The van der Waals surface area contributed by atoms with Gasteiger partial charge in [-0.05, 0) is 49.9 Å².